The summed E-state index contributed by atoms with van der Waals surface area (Å²) in [5.41, 5.74) is 1.95. The van der Waals surface area contributed by atoms with Crippen molar-refractivity contribution < 1.29 is 23.8 Å². The van der Waals surface area contributed by atoms with Crippen LogP contribution in [-0.4, -0.2) is 32.3 Å². The molecule has 0 bridgehead atoms. The van der Waals surface area contributed by atoms with Gasteiger partial charge in [0.05, 0.1) is 35.5 Å². The van der Waals surface area contributed by atoms with E-state index < -0.39 is 18.0 Å². The molecule has 1 aliphatic heterocycles. The number of nitrogens with one attached hydrogen (secondary N) is 2. The molecule has 0 aromatic heterocycles. The molecule has 8 heteroatoms. The highest BCUT2D eigenvalue weighted by molar-refractivity contribution is 9.10. The van der Waals surface area contributed by atoms with E-state index in [4.69, 9.17) is 20.6 Å². The maximum atomic E-state index is 13.0. The van der Waals surface area contributed by atoms with Gasteiger partial charge in [-0.3, -0.25) is 0 Å². The Morgan fingerprint density at radius 3 is 2.65 bits per heavy atom. The van der Waals surface area contributed by atoms with E-state index in [0.29, 0.717) is 32.8 Å². The molecule has 0 spiro atoms. The van der Waals surface area contributed by atoms with Crippen LogP contribution in [0.2, 0.25) is 0 Å². The number of amides is 2. The molecule has 31 heavy (non-hydrogen) atoms. The molecule has 1 heterocycles. The van der Waals surface area contributed by atoms with Crippen molar-refractivity contribution in [2.45, 2.75) is 13.0 Å². The molecular weight excluding hydrogens is 464 g/mol. The minimum atomic E-state index is -0.783. The molecule has 0 aliphatic carbocycles. The zero-order valence-electron chi connectivity index (χ0n) is 17.0. The van der Waals surface area contributed by atoms with Crippen molar-refractivity contribution in [3.63, 3.8) is 0 Å². The number of esters is 1. The van der Waals surface area contributed by atoms with Gasteiger partial charge in [-0.1, -0.05) is 36.3 Å². The van der Waals surface area contributed by atoms with Crippen LogP contribution in [0.1, 0.15) is 24.1 Å². The Labute approximate surface area is 188 Å². The van der Waals surface area contributed by atoms with Crippen molar-refractivity contribution in [1.82, 2.24) is 10.6 Å². The third-order valence-electron chi connectivity index (χ3n) is 4.51. The van der Waals surface area contributed by atoms with Crippen molar-refractivity contribution in [2.24, 2.45) is 0 Å². The summed E-state index contributed by atoms with van der Waals surface area (Å²) >= 11 is 3.46. The quantitative estimate of drug-likeness (QED) is 0.461. The molecule has 1 atom stereocenters. The zero-order valence-corrected chi connectivity index (χ0v) is 18.6. The number of halogens is 1. The second-order valence-corrected chi connectivity index (χ2v) is 7.29. The van der Waals surface area contributed by atoms with Crippen LogP contribution < -0.4 is 20.1 Å². The highest BCUT2D eigenvalue weighted by Gasteiger charge is 2.35. The second kappa shape index (κ2) is 10.0. The second-order valence-electron chi connectivity index (χ2n) is 6.43. The minimum absolute atomic E-state index is 0.0600. The van der Waals surface area contributed by atoms with Crippen LogP contribution in [0.25, 0.3) is 5.70 Å². The maximum absolute atomic E-state index is 13.0. The van der Waals surface area contributed by atoms with Crippen LogP contribution in [0.15, 0.2) is 52.5 Å². The first-order valence-corrected chi connectivity index (χ1v) is 10.3. The van der Waals surface area contributed by atoms with E-state index in [1.54, 1.807) is 19.1 Å². The number of methoxy groups -OCH3 is 1. The molecule has 0 saturated carbocycles. The average Bonchev–Trinajstić information content (AvgIpc) is 2.77. The summed E-state index contributed by atoms with van der Waals surface area (Å²) in [5.74, 6) is 2.69. The first-order chi connectivity index (χ1) is 15.0. The van der Waals surface area contributed by atoms with Gasteiger partial charge in [-0.25, -0.2) is 9.59 Å². The van der Waals surface area contributed by atoms with Crippen LogP contribution in [0, 0.1) is 12.3 Å². The molecule has 7 nitrogen and oxygen atoms in total. The lowest BCUT2D eigenvalue weighted by Gasteiger charge is -2.30. The molecule has 160 valence electrons. The molecule has 0 fully saturated rings. The maximum Gasteiger partial charge on any atom is 0.338 e. The summed E-state index contributed by atoms with van der Waals surface area (Å²) in [6.45, 7) is 1.98. The van der Waals surface area contributed by atoms with Crippen molar-refractivity contribution in [2.75, 3.05) is 20.3 Å². The smallest absolute Gasteiger partial charge is 0.338 e. The summed E-state index contributed by atoms with van der Waals surface area (Å²) in [6, 6.07) is 11.3. The first-order valence-electron chi connectivity index (χ1n) is 9.48. The first kappa shape index (κ1) is 22.2. The Hall–Kier alpha value is -3.44. The van der Waals surface area contributed by atoms with E-state index in [1.165, 1.54) is 7.11 Å². The molecule has 2 aromatic rings. The molecule has 0 radical (unpaired) electrons. The van der Waals surface area contributed by atoms with Crippen LogP contribution in [0.4, 0.5) is 4.79 Å². The van der Waals surface area contributed by atoms with Gasteiger partial charge < -0.3 is 24.8 Å². The Balaban J connectivity index is 2.18. The Bertz CT molecular complexity index is 1060. The van der Waals surface area contributed by atoms with Gasteiger partial charge in [0.25, 0.3) is 0 Å². The fourth-order valence-electron chi connectivity index (χ4n) is 3.24. The summed E-state index contributed by atoms with van der Waals surface area (Å²) in [5, 5.41) is 5.55. The number of hydrogen-bond acceptors (Lipinski definition) is 5. The van der Waals surface area contributed by atoms with E-state index in [2.05, 4.69) is 32.5 Å². The normalized spacial score (nSPS) is 15.4. The number of rotatable bonds is 7. The predicted molar refractivity (Wildman–Crippen MR) is 119 cm³/mol. The number of carbonyl (C=O) groups is 2. The summed E-state index contributed by atoms with van der Waals surface area (Å²) < 4.78 is 16.9. The molecular formula is C23H21BrN2O5. The van der Waals surface area contributed by atoms with Gasteiger partial charge in [0, 0.05) is 0 Å². The Morgan fingerprint density at radius 1 is 1.26 bits per heavy atom. The lowest BCUT2D eigenvalue weighted by molar-refractivity contribution is -0.138. The van der Waals surface area contributed by atoms with Crippen molar-refractivity contribution in [1.29, 1.82) is 0 Å². The van der Waals surface area contributed by atoms with E-state index in [0.717, 1.165) is 0 Å². The monoisotopic (exact) mass is 484 g/mol. The third-order valence-corrected chi connectivity index (χ3v) is 5.10. The van der Waals surface area contributed by atoms with E-state index in [9.17, 15) is 9.59 Å². The third kappa shape index (κ3) is 4.84. The van der Waals surface area contributed by atoms with Crippen LogP contribution in [-0.2, 0) is 9.53 Å². The van der Waals surface area contributed by atoms with Crippen molar-refractivity contribution in [3.8, 4) is 23.8 Å². The average molecular weight is 485 g/mol. The van der Waals surface area contributed by atoms with Gasteiger partial charge in [-0.2, -0.15) is 0 Å². The lowest BCUT2D eigenvalue weighted by atomic mass is 9.92. The van der Waals surface area contributed by atoms with Crippen LogP contribution in [0.3, 0.4) is 0 Å². The van der Waals surface area contributed by atoms with Crippen molar-refractivity contribution >= 4 is 33.6 Å². The number of hydrogen-bond donors (Lipinski definition) is 2. The van der Waals surface area contributed by atoms with E-state index >= 15 is 0 Å². The summed E-state index contributed by atoms with van der Waals surface area (Å²) in [6.07, 6.45) is 5.29. The summed E-state index contributed by atoms with van der Waals surface area (Å²) in [7, 11) is 1.49. The largest absolute Gasteiger partial charge is 0.493 e. The van der Waals surface area contributed by atoms with Gasteiger partial charge in [0.1, 0.15) is 6.61 Å². The predicted octanol–water partition coefficient (Wildman–Crippen LogP) is 3.80. The SMILES string of the molecule is C#CCOc1c(Br)cc([C@@H]2NC(=O)NC(c3ccccc3)=C2C(=O)OCC)cc1OC. The Kier molecular flexibility index (Phi) is 7.21. The molecule has 3 rings (SSSR count). The lowest BCUT2D eigenvalue weighted by Crippen LogP contribution is -2.45. The minimum Gasteiger partial charge on any atom is -0.493 e. The van der Waals surface area contributed by atoms with Crippen LogP contribution in [0.5, 0.6) is 11.5 Å². The zero-order chi connectivity index (χ0) is 22.4. The highest BCUT2D eigenvalue weighted by Crippen LogP contribution is 2.41. The number of ether oxygens (including phenoxy) is 3. The molecule has 0 unspecified atom stereocenters. The summed E-state index contributed by atoms with van der Waals surface area (Å²) in [4.78, 5) is 25.5. The molecule has 0 saturated heterocycles. The number of carbonyl (C=O) groups excluding carboxylic acids is 2. The van der Waals surface area contributed by atoms with Gasteiger partial charge in [-0.05, 0) is 46.1 Å². The molecule has 2 amide bonds. The number of benzene rings is 2. The van der Waals surface area contributed by atoms with Gasteiger partial charge >= 0.3 is 12.0 Å². The van der Waals surface area contributed by atoms with E-state index in [-0.39, 0.29) is 18.8 Å². The Morgan fingerprint density at radius 2 is 2.00 bits per heavy atom. The highest BCUT2D eigenvalue weighted by atomic mass is 79.9. The fourth-order valence-corrected chi connectivity index (χ4v) is 3.81. The van der Waals surface area contributed by atoms with E-state index in [1.807, 2.05) is 30.3 Å². The van der Waals surface area contributed by atoms with Crippen molar-refractivity contribution in [3.05, 3.63) is 63.6 Å². The molecule has 1 aliphatic rings. The number of terminal acetylenes is 1. The molecule has 2 aromatic carbocycles. The topological polar surface area (TPSA) is 85.9 Å². The standard InChI is InChI=1S/C23H21BrN2O5/c1-4-11-31-21-16(24)12-15(13-17(21)29-3)20-18(22(27)30-5-2)19(25-23(28)26-20)14-9-7-6-8-10-14/h1,6-10,12-13,20H,5,11H2,2-3H3,(H2,25,26,28)/t20-/m0/s1. The van der Waals surface area contributed by atoms with Gasteiger partial charge in [0.15, 0.2) is 11.5 Å². The van der Waals surface area contributed by atoms with Crippen LogP contribution >= 0.6 is 15.9 Å². The van der Waals surface area contributed by atoms with Gasteiger partial charge in [0.2, 0.25) is 0 Å². The number of urea groups is 1. The fraction of sp³-hybridized carbons (Fsp3) is 0.217. The molecule has 2 N–H and O–H groups in total. The van der Waals surface area contributed by atoms with Gasteiger partial charge in [-0.15, -0.1) is 6.42 Å².